The van der Waals surface area contributed by atoms with E-state index in [2.05, 4.69) is 22.5 Å². The van der Waals surface area contributed by atoms with E-state index in [9.17, 15) is 0 Å². The lowest BCUT2D eigenvalue weighted by Crippen LogP contribution is -2.15. The van der Waals surface area contributed by atoms with Gasteiger partial charge in [0.1, 0.15) is 12.4 Å². The summed E-state index contributed by atoms with van der Waals surface area (Å²) in [6.07, 6.45) is 4.56. The van der Waals surface area contributed by atoms with Crippen LogP contribution in [-0.4, -0.2) is 15.8 Å². The average molecular weight is 257 g/mol. The van der Waals surface area contributed by atoms with Crippen LogP contribution in [0.5, 0.6) is 5.75 Å². The third kappa shape index (κ3) is 3.58. The number of nitrogens with zero attached hydrogens (tertiary/aromatic N) is 2. The molecular formula is C15H19N3O. The molecule has 1 aromatic heterocycles. The largest absolute Gasteiger partial charge is 0.487 e. The van der Waals surface area contributed by atoms with Crippen molar-refractivity contribution in [2.75, 3.05) is 0 Å². The van der Waals surface area contributed by atoms with E-state index in [1.807, 2.05) is 31.4 Å². The van der Waals surface area contributed by atoms with E-state index in [-0.39, 0.29) is 0 Å². The molecule has 1 aliphatic rings. The van der Waals surface area contributed by atoms with Gasteiger partial charge in [-0.25, -0.2) is 0 Å². The van der Waals surface area contributed by atoms with Gasteiger partial charge in [-0.2, -0.15) is 5.10 Å². The van der Waals surface area contributed by atoms with Crippen molar-refractivity contribution in [3.8, 4) is 5.75 Å². The van der Waals surface area contributed by atoms with Crippen LogP contribution in [0.1, 0.15) is 24.1 Å². The number of rotatable bonds is 6. The molecular weight excluding hydrogens is 238 g/mol. The standard InChI is InChI=1S/C15H19N3O/c1-18-8-7-14(17-18)11-19-15-4-2-3-12(9-15)10-16-13-5-6-13/h2-4,7-9,13,16H,5-6,10-11H2,1H3. The van der Waals surface area contributed by atoms with Gasteiger partial charge < -0.3 is 10.1 Å². The second-order valence-electron chi connectivity index (χ2n) is 5.07. The first-order chi connectivity index (χ1) is 9.29. The second kappa shape index (κ2) is 5.45. The van der Waals surface area contributed by atoms with Gasteiger partial charge in [-0.15, -0.1) is 0 Å². The van der Waals surface area contributed by atoms with Crippen molar-refractivity contribution in [1.29, 1.82) is 0 Å². The van der Waals surface area contributed by atoms with E-state index in [1.165, 1.54) is 18.4 Å². The van der Waals surface area contributed by atoms with E-state index in [4.69, 9.17) is 4.74 Å². The van der Waals surface area contributed by atoms with Crippen molar-refractivity contribution in [1.82, 2.24) is 15.1 Å². The number of aromatic nitrogens is 2. The minimum absolute atomic E-state index is 0.514. The summed E-state index contributed by atoms with van der Waals surface area (Å²) in [5.41, 5.74) is 2.22. The van der Waals surface area contributed by atoms with Crippen molar-refractivity contribution in [3.05, 3.63) is 47.8 Å². The summed E-state index contributed by atoms with van der Waals surface area (Å²) in [5, 5.41) is 7.80. The van der Waals surface area contributed by atoms with E-state index < -0.39 is 0 Å². The zero-order valence-electron chi connectivity index (χ0n) is 11.2. The first-order valence-electron chi connectivity index (χ1n) is 6.73. The smallest absolute Gasteiger partial charge is 0.132 e. The topological polar surface area (TPSA) is 39.1 Å². The van der Waals surface area contributed by atoms with Gasteiger partial charge in [-0.1, -0.05) is 12.1 Å². The number of nitrogens with one attached hydrogen (secondary N) is 1. The highest BCUT2D eigenvalue weighted by molar-refractivity contribution is 5.28. The van der Waals surface area contributed by atoms with Gasteiger partial charge in [0.05, 0.1) is 5.69 Å². The summed E-state index contributed by atoms with van der Waals surface area (Å²) in [5.74, 6) is 0.903. The number of benzene rings is 1. The fraction of sp³-hybridized carbons (Fsp3) is 0.400. The van der Waals surface area contributed by atoms with Crippen LogP contribution in [0.4, 0.5) is 0 Å². The predicted molar refractivity (Wildman–Crippen MR) is 73.8 cm³/mol. The molecule has 0 unspecified atom stereocenters. The first-order valence-corrected chi connectivity index (χ1v) is 6.73. The molecule has 0 aliphatic heterocycles. The molecule has 0 amide bonds. The van der Waals surface area contributed by atoms with Crippen LogP contribution in [0.25, 0.3) is 0 Å². The van der Waals surface area contributed by atoms with Crippen LogP contribution in [0, 0.1) is 0 Å². The van der Waals surface area contributed by atoms with Crippen LogP contribution < -0.4 is 10.1 Å². The fourth-order valence-corrected chi connectivity index (χ4v) is 1.99. The molecule has 1 aromatic carbocycles. The molecule has 1 N–H and O–H groups in total. The molecule has 1 saturated carbocycles. The Morgan fingerprint density at radius 2 is 2.26 bits per heavy atom. The Bertz CT molecular complexity index is 546. The zero-order valence-corrected chi connectivity index (χ0v) is 11.2. The third-order valence-electron chi connectivity index (χ3n) is 3.23. The Kier molecular flexibility index (Phi) is 3.51. The SMILES string of the molecule is Cn1ccc(COc2cccc(CNC3CC3)c2)n1. The molecule has 1 heterocycles. The van der Waals surface area contributed by atoms with Gasteiger partial charge in [-0.05, 0) is 36.6 Å². The van der Waals surface area contributed by atoms with Gasteiger partial charge in [0.15, 0.2) is 0 Å². The van der Waals surface area contributed by atoms with Crippen LogP contribution >= 0.6 is 0 Å². The zero-order chi connectivity index (χ0) is 13.1. The van der Waals surface area contributed by atoms with Gasteiger partial charge in [-0.3, -0.25) is 4.68 Å². The maximum Gasteiger partial charge on any atom is 0.132 e. The van der Waals surface area contributed by atoms with Crippen LogP contribution in [0.15, 0.2) is 36.5 Å². The van der Waals surface area contributed by atoms with Crippen molar-refractivity contribution in [3.63, 3.8) is 0 Å². The Morgan fingerprint density at radius 1 is 1.37 bits per heavy atom. The first kappa shape index (κ1) is 12.2. The molecule has 4 nitrogen and oxygen atoms in total. The van der Waals surface area contributed by atoms with Gasteiger partial charge in [0.2, 0.25) is 0 Å². The van der Waals surface area contributed by atoms with Crippen LogP contribution in [0.3, 0.4) is 0 Å². The van der Waals surface area contributed by atoms with Gasteiger partial charge >= 0.3 is 0 Å². The monoisotopic (exact) mass is 257 g/mol. The summed E-state index contributed by atoms with van der Waals surface area (Å²) < 4.78 is 7.55. The maximum absolute atomic E-state index is 5.76. The van der Waals surface area contributed by atoms with Gasteiger partial charge in [0, 0.05) is 25.8 Å². The maximum atomic E-state index is 5.76. The summed E-state index contributed by atoms with van der Waals surface area (Å²) in [7, 11) is 1.91. The molecule has 0 spiro atoms. The quantitative estimate of drug-likeness (QED) is 0.862. The lowest BCUT2D eigenvalue weighted by Gasteiger charge is -2.07. The van der Waals surface area contributed by atoms with E-state index >= 15 is 0 Å². The molecule has 4 heteroatoms. The average Bonchev–Trinajstić information content (AvgIpc) is 3.16. The molecule has 1 fully saturated rings. The van der Waals surface area contributed by atoms with Crippen LogP contribution in [-0.2, 0) is 20.2 Å². The minimum atomic E-state index is 0.514. The molecule has 0 radical (unpaired) electrons. The van der Waals surface area contributed by atoms with E-state index in [0.717, 1.165) is 24.0 Å². The lowest BCUT2D eigenvalue weighted by atomic mass is 10.2. The molecule has 3 rings (SSSR count). The Labute approximate surface area is 113 Å². The van der Waals surface area contributed by atoms with Gasteiger partial charge in [0.25, 0.3) is 0 Å². The number of ether oxygens (including phenoxy) is 1. The molecule has 0 atom stereocenters. The summed E-state index contributed by atoms with van der Waals surface area (Å²) >= 11 is 0. The number of aryl methyl sites for hydroxylation is 1. The van der Waals surface area contributed by atoms with E-state index in [0.29, 0.717) is 6.61 Å². The Hall–Kier alpha value is -1.81. The summed E-state index contributed by atoms with van der Waals surface area (Å²) in [4.78, 5) is 0. The minimum Gasteiger partial charge on any atom is -0.487 e. The highest BCUT2D eigenvalue weighted by atomic mass is 16.5. The number of hydrogen-bond acceptors (Lipinski definition) is 3. The highest BCUT2D eigenvalue weighted by Crippen LogP contribution is 2.20. The Balaban J connectivity index is 1.55. The molecule has 19 heavy (non-hydrogen) atoms. The van der Waals surface area contributed by atoms with Crippen molar-refractivity contribution >= 4 is 0 Å². The normalized spacial score (nSPS) is 14.6. The van der Waals surface area contributed by atoms with Crippen molar-refractivity contribution in [2.45, 2.75) is 32.0 Å². The second-order valence-corrected chi connectivity index (χ2v) is 5.07. The summed E-state index contributed by atoms with van der Waals surface area (Å²) in [6, 6.07) is 11.0. The summed E-state index contributed by atoms with van der Waals surface area (Å²) in [6.45, 7) is 1.44. The molecule has 2 aromatic rings. The lowest BCUT2D eigenvalue weighted by molar-refractivity contribution is 0.299. The van der Waals surface area contributed by atoms with Crippen LogP contribution in [0.2, 0.25) is 0 Å². The van der Waals surface area contributed by atoms with Crippen molar-refractivity contribution < 1.29 is 4.74 Å². The Morgan fingerprint density at radius 3 is 3.00 bits per heavy atom. The fourth-order valence-electron chi connectivity index (χ4n) is 1.99. The highest BCUT2D eigenvalue weighted by Gasteiger charge is 2.19. The van der Waals surface area contributed by atoms with Crippen molar-refractivity contribution in [2.24, 2.45) is 7.05 Å². The molecule has 0 saturated heterocycles. The predicted octanol–water partition coefficient (Wildman–Crippen LogP) is 2.25. The molecule has 1 aliphatic carbocycles. The molecule has 0 bridgehead atoms. The van der Waals surface area contributed by atoms with E-state index in [1.54, 1.807) is 4.68 Å². The number of hydrogen-bond donors (Lipinski definition) is 1. The molecule has 100 valence electrons. The third-order valence-corrected chi connectivity index (χ3v) is 3.23.